The van der Waals surface area contributed by atoms with Crippen LogP contribution in [0.3, 0.4) is 0 Å². The van der Waals surface area contributed by atoms with E-state index in [1.165, 1.54) is 47.0 Å². The van der Waals surface area contributed by atoms with E-state index < -0.39 is 18.4 Å². The number of carbonyl (C=O) groups is 1. The summed E-state index contributed by atoms with van der Waals surface area (Å²) < 4.78 is 48.0. The highest BCUT2D eigenvalue weighted by molar-refractivity contribution is 8.14. The van der Waals surface area contributed by atoms with Crippen molar-refractivity contribution in [2.24, 2.45) is 4.99 Å². The lowest BCUT2D eigenvalue weighted by molar-refractivity contribution is -0.274. The predicted octanol–water partition coefficient (Wildman–Crippen LogP) is 6.85. The Kier molecular flexibility index (Phi) is 9.29. The molecule has 232 valence electrons. The molecule has 1 aliphatic rings. The molecule has 0 bridgehead atoms. The number of alkyl halides is 3. The number of carbonyl (C=O) groups excluding carboxylic acids is 1. The average molecular weight is 636 g/mol. The summed E-state index contributed by atoms with van der Waals surface area (Å²) in [7, 11) is 1.61. The van der Waals surface area contributed by atoms with E-state index >= 15 is 0 Å². The lowest BCUT2D eigenvalue weighted by atomic mass is 10.00. The third-order valence-electron chi connectivity index (χ3n) is 6.85. The van der Waals surface area contributed by atoms with Gasteiger partial charge in [-0.15, -0.1) is 18.3 Å². The Morgan fingerprint density at radius 3 is 2.44 bits per heavy atom. The molecule has 14 heteroatoms. The van der Waals surface area contributed by atoms with E-state index in [0.29, 0.717) is 40.1 Å². The smallest absolute Gasteiger partial charge is 0.497 e. The van der Waals surface area contributed by atoms with Crippen LogP contribution >= 0.6 is 11.8 Å². The highest BCUT2D eigenvalue weighted by atomic mass is 32.2. The number of urea groups is 1. The molecular formula is C31H28F3N7O3S. The van der Waals surface area contributed by atoms with Crippen molar-refractivity contribution in [1.82, 2.24) is 20.1 Å². The fourth-order valence-electron chi connectivity index (χ4n) is 4.67. The monoisotopic (exact) mass is 635 g/mol. The predicted molar refractivity (Wildman–Crippen MR) is 165 cm³/mol. The lowest BCUT2D eigenvalue weighted by Crippen LogP contribution is -2.30. The van der Waals surface area contributed by atoms with Crippen molar-refractivity contribution in [2.45, 2.75) is 32.2 Å². The molecule has 2 amide bonds. The maximum atomic E-state index is 13.0. The van der Waals surface area contributed by atoms with Gasteiger partial charge in [0.15, 0.2) is 11.0 Å². The number of methoxy groups -OCH3 is 1. The third-order valence-corrected chi connectivity index (χ3v) is 7.81. The van der Waals surface area contributed by atoms with Gasteiger partial charge in [0, 0.05) is 29.6 Å². The van der Waals surface area contributed by atoms with Gasteiger partial charge in [-0.1, -0.05) is 55.9 Å². The molecular weight excluding hydrogens is 607 g/mol. The van der Waals surface area contributed by atoms with Gasteiger partial charge in [0.05, 0.1) is 18.9 Å². The van der Waals surface area contributed by atoms with Gasteiger partial charge in [-0.2, -0.15) is 10.3 Å². The van der Waals surface area contributed by atoms with Crippen LogP contribution in [0.5, 0.6) is 11.5 Å². The minimum atomic E-state index is -4.78. The second kappa shape index (κ2) is 13.3. The number of nitrogens with one attached hydrogen (secondary N) is 1. The SMILES string of the molecule is COc1ccc(C(C)C)c(N2CCS/C2=N\C(=O)NC(C#N)c2ccc(-c3ncn(-c4ccc(OC(F)(F)F)cc4)n3)cc2)c1. The Balaban J connectivity index is 1.27. The first kappa shape index (κ1) is 31.4. The van der Waals surface area contributed by atoms with Crippen molar-refractivity contribution in [1.29, 1.82) is 5.26 Å². The minimum Gasteiger partial charge on any atom is -0.497 e. The molecule has 1 saturated heterocycles. The van der Waals surface area contributed by atoms with Crippen molar-refractivity contribution in [2.75, 3.05) is 24.3 Å². The van der Waals surface area contributed by atoms with Crippen LogP contribution < -0.4 is 19.7 Å². The molecule has 3 aromatic carbocycles. The van der Waals surface area contributed by atoms with Gasteiger partial charge in [0.1, 0.15) is 23.9 Å². The molecule has 4 aromatic rings. The first-order valence-electron chi connectivity index (χ1n) is 13.8. The number of amides is 2. The Bertz CT molecular complexity index is 1730. The highest BCUT2D eigenvalue weighted by Crippen LogP contribution is 2.35. The van der Waals surface area contributed by atoms with E-state index in [9.17, 15) is 23.2 Å². The van der Waals surface area contributed by atoms with Crippen LogP contribution in [0.15, 0.2) is 78.0 Å². The van der Waals surface area contributed by atoms with Gasteiger partial charge in [0.2, 0.25) is 0 Å². The number of nitrogens with zero attached hydrogens (tertiary/aromatic N) is 6. The zero-order chi connectivity index (χ0) is 32.1. The highest BCUT2D eigenvalue weighted by Gasteiger charge is 2.31. The van der Waals surface area contributed by atoms with E-state index in [1.807, 2.05) is 23.1 Å². The van der Waals surface area contributed by atoms with E-state index in [2.05, 4.69) is 45.0 Å². The van der Waals surface area contributed by atoms with E-state index in [0.717, 1.165) is 17.0 Å². The maximum Gasteiger partial charge on any atom is 0.573 e. The molecule has 1 unspecified atom stereocenters. The number of thioether (sulfide) groups is 1. The van der Waals surface area contributed by atoms with Crippen molar-refractivity contribution >= 4 is 28.6 Å². The number of rotatable bonds is 8. The summed E-state index contributed by atoms with van der Waals surface area (Å²) in [5, 5.41) is 17.4. The van der Waals surface area contributed by atoms with E-state index in [4.69, 9.17) is 4.74 Å². The summed E-state index contributed by atoms with van der Waals surface area (Å²) in [6.45, 7) is 4.87. The van der Waals surface area contributed by atoms with Crippen molar-refractivity contribution in [3.05, 3.63) is 84.2 Å². The number of hydrogen-bond acceptors (Lipinski definition) is 7. The third kappa shape index (κ3) is 7.55. The normalized spacial score (nSPS) is 14.8. The zero-order valence-corrected chi connectivity index (χ0v) is 25.3. The van der Waals surface area contributed by atoms with Gasteiger partial charge in [-0.3, -0.25) is 0 Å². The molecule has 1 fully saturated rings. The van der Waals surface area contributed by atoms with Gasteiger partial charge in [0.25, 0.3) is 0 Å². The number of amidine groups is 1. The fraction of sp³-hybridized carbons (Fsp3) is 0.258. The number of halogens is 3. The molecule has 1 N–H and O–H groups in total. The molecule has 1 atom stereocenters. The van der Waals surface area contributed by atoms with Gasteiger partial charge in [-0.25, -0.2) is 14.5 Å². The van der Waals surface area contributed by atoms with Crippen molar-refractivity contribution < 1.29 is 27.4 Å². The summed E-state index contributed by atoms with van der Waals surface area (Å²) in [5.41, 5.74) is 3.70. The largest absolute Gasteiger partial charge is 0.573 e. The second-order valence-corrected chi connectivity index (χ2v) is 11.2. The van der Waals surface area contributed by atoms with Crippen LogP contribution in [0.4, 0.5) is 23.7 Å². The summed E-state index contributed by atoms with van der Waals surface area (Å²) in [5.74, 6) is 1.72. The lowest BCUT2D eigenvalue weighted by Gasteiger charge is -2.24. The number of anilines is 1. The Labute approximate surface area is 261 Å². The number of nitriles is 1. The second-order valence-electron chi connectivity index (χ2n) is 10.2. The fourth-order valence-corrected chi connectivity index (χ4v) is 5.62. The van der Waals surface area contributed by atoms with Gasteiger partial charge >= 0.3 is 12.4 Å². The van der Waals surface area contributed by atoms with Crippen LogP contribution in [-0.2, 0) is 0 Å². The molecule has 0 radical (unpaired) electrons. The van der Waals surface area contributed by atoms with Crippen LogP contribution in [0.25, 0.3) is 17.1 Å². The Hall–Kier alpha value is -5.03. The number of ether oxygens (including phenoxy) is 2. The average Bonchev–Trinajstić information content (AvgIpc) is 3.69. The molecule has 10 nitrogen and oxygen atoms in total. The van der Waals surface area contributed by atoms with Crippen LogP contribution in [0, 0.1) is 11.3 Å². The number of aliphatic imine (C=N–C) groups is 1. The van der Waals surface area contributed by atoms with Crippen molar-refractivity contribution in [3.63, 3.8) is 0 Å². The van der Waals surface area contributed by atoms with Gasteiger partial charge < -0.3 is 19.7 Å². The van der Waals surface area contributed by atoms with E-state index in [1.54, 1.807) is 31.4 Å². The van der Waals surface area contributed by atoms with E-state index in [-0.39, 0.29) is 11.7 Å². The molecule has 1 aromatic heterocycles. The first-order valence-corrected chi connectivity index (χ1v) is 14.8. The molecule has 0 spiro atoms. The topological polar surface area (TPSA) is 118 Å². The first-order chi connectivity index (χ1) is 21.5. The molecule has 45 heavy (non-hydrogen) atoms. The molecule has 2 heterocycles. The summed E-state index contributed by atoms with van der Waals surface area (Å²) in [6.07, 6.45) is -3.35. The quantitative estimate of drug-likeness (QED) is 0.224. The van der Waals surface area contributed by atoms with Crippen LogP contribution in [0.1, 0.15) is 36.9 Å². The Morgan fingerprint density at radius 1 is 1.09 bits per heavy atom. The standard InChI is InChI=1S/C31H28F3N7O3S/c1-19(2)25-13-12-24(43-3)16-27(25)40-14-15-45-30(40)38-29(42)37-26(17-35)20-4-6-21(7-5-20)28-36-18-41(39-28)22-8-10-23(11-9-22)44-31(32,33)34/h4-13,16,18-19,26H,14-15H2,1-3H3,(H,37,42)/b38-30-. The molecule has 1 aliphatic heterocycles. The minimum absolute atomic E-state index is 0.245. The maximum absolute atomic E-state index is 13.0. The number of benzene rings is 3. The molecule has 0 saturated carbocycles. The van der Waals surface area contributed by atoms with Crippen molar-refractivity contribution in [3.8, 4) is 34.6 Å². The van der Waals surface area contributed by atoms with Gasteiger partial charge in [-0.05, 0) is 47.4 Å². The number of hydrogen-bond donors (Lipinski definition) is 1. The number of aromatic nitrogens is 3. The van der Waals surface area contributed by atoms with Crippen LogP contribution in [0.2, 0.25) is 0 Å². The summed E-state index contributed by atoms with van der Waals surface area (Å²) in [4.78, 5) is 23.5. The molecule has 0 aliphatic carbocycles. The zero-order valence-electron chi connectivity index (χ0n) is 24.4. The van der Waals surface area contributed by atoms with Crippen LogP contribution in [-0.4, -0.2) is 51.7 Å². The Morgan fingerprint density at radius 2 is 1.80 bits per heavy atom. The summed E-state index contributed by atoms with van der Waals surface area (Å²) in [6, 6.07) is 18.4. The molecule has 5 rings (SSSR count). The summed E-state index contributed by atoms with van der Waals surface area (Å²) >= 11 is 1.46.